The summed E-state index contributed by atoms with van der Waals surface area (Å²) >= 11 is 0. The predicted octanol–water partition coefficient (Wildman–Crippen LogP) is 2.98. The number of hydrogen-bond acceptors (Lipinski definition) is 5. The average Bonchev–Trinajstić information content (AvgIpc) is 2.71. The normalized spacial score (nSPS) is 12.6. The first-order chi connectivity index (χ1) is 13.5. The molecule has 0 saturated carbocycles. The zero-order valence-corrected chi connectivity index (χ0v) is 16.0. The quantitative estimate of drug-likeness (QED) is 0.569. The van der Waals surface area contributed by atoms with Gasteiger partial charge in [0.2, 0.25) is 0 Å². The number of amides is 1. The SMILES string of the molecule is Cc1ccccc1/C=C/C(=O)OCC(=O)N(C)Cc1ccc2c(c1)OCCO2. The maximum atomic E-state index is 12.2. The number of likely N-dealkylation sites (N-methyl/N-ethyl adjacent to an activating group) is 1. The van der Waals surface area contributed by atoms with Crippen LogP contribution in [0.2, 0.25) is 0 Å². The molecule has 0 atom stereocenters. The molecule has 0 aliphatic carbocycles. The topological polar surface area (TPSA) is 65.1 Å². The molecule has 28 heavy (non-hydrogen) atoms. The molecule has 6 heteroatoms. The van der Waals surface area contributed by atoms with E-state index in [0.717, 1.165) is 16.7 Å². The summed E-state index contributed by atoms with van der Waals surface area (Å²) in [6, 6.07) is 13.3. The number of carbonyl (C=O) groups excluding carboxylic acids is 2. The third-order valence-corrected chi connectivity index (χ3v) is 4.38. The van der Waals surface area contributed by atoms with E-state index in [1.165, 1.54) is 11.0 Å². The lowest BCUT2D eigenvalue weighted by molar-refractivity contribution is -0.147. The molecule has 0 unspecified atom stereocenters. The number of fused-ring (bicyclic) bond motifs is 1. The molecule has 0 saturated heterocycles. The van der Waals surface area contributed by atoms with Gasteiger partial charge in [-0.25, -0.2) is 4.79 Å². The fourth-order valence-electron chi connectivity index (χ4n) is 2.77. The second-order valence-electron chi connectivity index (χ2n) is 6.53. The standard InChI is InChI=1S/C22H23NO5/c1-16-5-3-4-6-18(16)8-10-22(25)28-15-21(24)23(2)14-17-7-9-19-20(13-17)27-12-11-26-19/h3-10,13H,11-12,14-15H2,1-2H3/b10-8+. The number of ether oxygens (including phenoxy) is 3. The first-order valence-electron chi connectivity index (χ1n) is 9.06. The van der Waals surface area contributed by atoms with Crippen LogP contribution in [0.4, 0.5) is 0 Å². The van der Waals surface area contributed by atoms with Gasteiger partial charge in [-0.2, -0.15) is 0 Å². The monoisotopic (exact) mass is 381 g/mol. The van der Waals surface area contributed by atoms with Crippen molar-refractivity contribution in [1.82, 2.24) is 4.90 Å². The van der Waals surface area contributed by atoms with E-state index in [0.29, 0.717) is 31.3 Å². The number of nitrogens with zero attached hydrogens (tertiary/aromatic N) is 1. The van der Waals surface area contributed by atoms with Crippen LogP contribution in [0.15, 0.2) is 48.5 Å². The van der Waals surface area contributed by atoms with Crippen LogP contribution in [0.5, 0.6) is 11.5 Å². The second kappa shape index (κ2) is 9.08. The Hall–Kier alpha value is -3.28. The third-order valence-electron chi connectivity index (χ3n) is 4.38. The number of carbonyl (C=O) groups is 2. The summed E-state index contributed by atoms with van der Waals surface area (Å²) in [5.74, 6) is 0.549. The van der Waals surface area contributed by atoms with Crippen molar-refractivity contribution in [3.05, 3.63) is 65.2 Å². The molecule has 0 N–H and O–H groups in total. The summed E-state index contributed by atoms with van der Waals surface area (Å²) < 4.78 is 16.1. The van der Waals surface area contributed by atoms with Crippen LogP contribution in [0.3, 0.4) is 0 Å². The van der Waals surface area contributed by atoms with Crippen LogP contribution < -0.4 is 9.47 Å². The molecule has 6 nitrogen and oxygen atoms in total. The van der Waals surface area contributed by atoms with Crippen LogP contribution in [0, 0.1) is 6.92 Å². The molecule has 3 rings (SSSR count). The summed E-state index contributed by atoms with van der Waals surface area (Å²) in [5, 5.41) is 0. The lowest BCUT2D eigenvalue weighted by Gasteiger charge is -2.21. The minimum atomic E-state index is -0.552. The van der Waals surface area contributed by atoms with E-state index in [9.17, 15) is 9.59 Å². The van der Waals surface area contributed by atoms with Crippen LogP contribution in [0.25, 0.3) is 6.08 Å². The molecule has 1 heterocycles. The van der Waals surface area contributed by atoms with Crippen molar-refractivity contribution in [2.24, 2.45) is 0 Å². The van der Waals surface area contributed by atoms with Crippen LogP contribution in [-0.4, -0.2) is 43.6 Å². The number of hydrogen-bond donors (Lipinski definition) is 0. The van der Waals surface area contributed by atoms with Gasteiger partial charge in [-0.05, 0) is 41.8 Å². The first kappa shape index (κ1) is 19.5. The van der Waals surface area contributed by atoms with Gasteiger partial charge < -0.3 is 19.1 Å². The molecule has 0 fully saturated rings. The zero-order valence-electron chi connectivity index (χ0n) is 16.0. The maximum Gasteiger partial charge on any atom is 0.331 e. The van der Waals surface area contributed by atoms with E-state index in [-0.39, 0.29) is 12.5 Å². The highest BCUT2D eigenvalue weighted by molar-refractivity contribution is 5.89. The molecular formula is C22H23NO5. The number of rotatable bonds is 6. The molecule has 2 aromatic rings. The van der Waals surface area contributed by atoms with Crippen molar-refractivity contribution in [3.8, 4) is 11.5 Å². The Morgan fingerprint density at radius 1 is 1.11 bits per heavy atom. The van der Waals surface area contributed by atoms with Gasteiger partial charge in [-0.1, -0.05) is 30.3 Å². The van der Waals surface area contributed by atoms with Crippen LogP contribution >= 0.6 is 0 Å². The van der Waals surface area contributed by atoms with Crippen LogP contribution in [-0.2, 0) is 20.9 Å². The van der Waals surface area contributed by atoms with Crippen molar-refractivity contribution in [3.63, 3.8) is 0 Å². The van der Waals surface area contributed by atoms with Gasteiger partial charge in [-0.3, -0.25) is 4.79 Å². The Kier molecular flexibility index (Phi) is 6.32. The third kappa shape index (κ3) is 5.13. The fourth-order valence-corrected chi connectivity index (χ4v) is 2.77. The molecule has 0 bridgehead atoms. The summed E-state index contributed by atoms with van der Waals surface area (Å²) in [4.78, 5) is 25.6. The van der Waals surface area contributed by atoms with Gasteiger partial charge in [0.15, 0.2) is 18.1 Å². The molecule has 146 valence electrons. The highest BCUT2D eigenvalue weighted by Crippen LogP contribution is 2.31. The summed E-state index contributed by atoms with van der Waals surface area (Å²) in [7, 11) is 1.66. The average molecular weight is 381 g/mol. The summed E-state index contributed by atoms with van der Waals surface area (Å²) in [6.07, 6.45) is 3.01. The number of esters is 1. The van der Waals surface area contributed by atoms with E-state index >= 15 is 0 Å². The van der Waals surface area contributed by atoms with Crippen LogP contribution in [0.1, 0.15) is 16.7 Å². The van der Waals surface area contributed by atoms with E-state index < -0.39 is 5.97 Å². The molecule has 0 spiro atoms. The number of aryl methyl sites for hydroxylation is 1. The summed E-state index contributed by atoms with van der Waals surface area (Å²) in [6.45, 7) is 3.08. The maximum absolute atomic E-state index is 12.2. The summed E-state index contributed by atoms with van der Waals surface area (Å²) in [5.41, 5.74) is 2.90. The molecule has 2 aromatic carbocycles. The largest absolute Gasteiger partial charge is 0.486 e. The zero-order chi connectivity index (χ0) is 19.9. The molecule has 1 aliphatic rings. The van der Waals surface area contributed by atoms with E-state index in [1.807, 2.05) is 49.4 Å². The highest BCUT2D eigenvalue weighted by atomic mass is 16.6. The molecule has 1 aliphatic heterocycles. The Morgan fingerprint density at radius 2 is 1.86 bits per heavy atom. The van der Waals surface area contributed by atoms with E-state index in [2.05, 4.69) is 0 Å². The van der Waals surface area contributed by atoms with Crippen molar-refractivity contribution in [2.45, 2.75) is 13.5 Å². The molecule has 1 amide bonds. The minimum absolute atomic E-state index is 0.285. The van der Waals surface area contributed by atoms with Gasteiger partial charge in [-0.15, -0.1) is 0 Å². The lowest BCUT2D eigenvalue weighted by atomic mass is 10.1. The fraction of sp³-hybridized carbons (Fsp3) is 0.273. The Labute approximate surface area is 164 Å². The smallest absolute Gasteiger partial charge is 0.331 e. The second-order valence-corrected chi connectivity index (χ2v) is 6.53. The van der Waals surface area contributed by atoms with Crippen molar-refractivity contribution >= 4 is 18.0 Å². The van der Waals surface area contributed by atoms with Crippen molar-refractivity contribution < 1.29 is 23.8 Å². The van der Waals surface area contributed by atoms with E-state index in [4.69, 9.17) is 14.2 Å². The van der Waals surface area contributed by atoms with Gasteiger partial charge in [0.25, 0.3) is 5.91 Å². The molecular weight excluding hydrogens is 358 g/mol. The predicted molar refractivity (Wildman–Crippen MR) is 105 cm³/mol. The van der Waals surface area contributed by atoms with Gasteiger partial charge >= 0.3 is 5.97 Å². The Morgan fingerprint density at radius 3 is 2.64 bits per heavy atom. The Bertz CT molecular complexity index is 890. The van der Waals surface area contributed by atoms with E-state index in [1.54, 1.807) is 13.1 Å². The first-order valence-corrected chi connectivity index (χ1v) is 9.06. The highest BCUT2D eigenvalue weighted by Gasteiger charge is 2.15. The minimum Gasteiger partial charge on any atom is -0.486 e. The molecule has 0 radical (unpaired) electrons. The number of benzene rings is 2. The van der Waals surface area contributed by atoms with Gasteiger partial charge in [0, 0.05) is 19.7 Å². The van der Waals surface area contributed by atoms with Crippen molar-refractivity contribution in [1.29, 1.82) is 0 Å². The van der Waals surface area contributed by atoms with Gasteiger partial charge in [0.1, 0.15) is 13.2 Å². The lowest BCUT2D eigenvalue weighted by Crippen LogP contribution is -2.30. The molecule has 0 aromatic heterocycles. The Balaban J connectivity index is 1.49. The van der Waals surface area contributed by atoms with Crippen molar-refractivity contribution in [2.75, 3.05) is 26.9 Å². The van der Waals surface area contributed by atoms with Gasteiger partial charge in [0.05, 0.1) is 0 Å².